The highest BCUT2D eigenvalue weighted by Crippen LogP contribution is 2.21. The second-order valence-corrected chi connectivity index (χ2v) is 6.30. The van der Waals surface area contributed by atoms with Gasteiger partial charge in [-0.1, -0.05) is 41.9 Å². The van der Waals surface area contributed by atoms with Crippen molar-refractivity contribution in [3.8, 4) is 17.2 Å². The molecule has 28 heavy (non-hydrogen) atoms. The number of nitrogens with zero attached hydrogens (tertiary/aromatic N) is 1. The lowest BCUT2D eigenvalue weighted by Gasteiger charge is -2.08. The van der Waals surface area contributed by atoms with E-state index in [4.69, 9.17) is 16.3 Å². The quantitative estimate of drug-likeness (QED) is 0.432. The summed E-state index contributed by atoms with van der Waals surface area (Å²) >= 11 is 6.12. The number of hydrogen-bond acceptors (Lipinski definition) is 5. The van der Waals surface area contributed by atoms with Crippen molar-refractivity contribution in [3.63, 3.8) is 0 Å². The third-order valence-electron chi connectivity index (χ3n) is 3.75. The Bertz CT molecular complexity index is 1000. The number of halogens is 1. The van der Waals surface area contributed by atoms with Gasteiger partial charge in [0.1, 0.15) is 23.9 Å². The first kappa shape index (κ1) is 19.3. The van der Waals surface area contributed by atoms with E-state index in [2.05, 4.69) is 10.5 Å². The number of carbonyl (C=O) groups excluding carboxylic acids is 1. The van der Waals surface area contributed by atoms with Crippen molar-refractivity contribution < 1.29 is 19.7 Å². The number of carbonyl (C=O) groups is 1. The van der Waals surface area contributed by atoms with Gasteiger partial charge in [-0.05, 0) is 35.9 Å². The van der Waals surface area contributed by atoms with Crippen molar-refractivity contribution in [2.24, 2.45) is 5.10 Å². The molecular formula is C21H17ClN2O4. The second kappa shape index (κ2) is 8.92. The molecule has 0 bridgehead atoms. The normalized spacial score (nSPS) is 10.8. The molecule has 0 spiro atoms. The summed E-state index contributed by atoms with van der Waals surface area (Å²) in [6.07, 6.45) is 1.46. The Labute approximate surface area is 166 Å². The fourth-order valence-electron chi connectivity index (χ4n) is 2.42. The molecule has 3 aromatic rings. The van der Waals surface area contributed by atoms with Crippen LogP contribution in [0.5, 0.6) is 17.2 Å². The SMILES string of the molecule is O=C(N/N=C\c1cccc(OCc2ccccc2Cl)c1)c1cc(O)cc(O)c1. The molecule has 0 aliphatic rings. The van der Waals surface area contributed by atoms with Crippen LogP contribution in [0.25, 0.3) is 0 Å². The van der Waals surface area contributed by atoms with Crippen LogP contribution < -0.4 is 10.2 Å². The van der Waals surface area contributed by atoms with E-state index < -0.39 is 5.91 Å². The molecule has 0 unspecified atom stereocenters. The number of hydrogen-bond donors (Lipinski definition) is 3. The number of amides is 1. The fraction of sp³-hybridized carbons (Fsp3) is 0.0476. The molecule has 7 heteroatoms. The molecule has 0 heterocycles. The molecule has 0 aliphatic carbocycles. The highest BCUT2D eigenvalue weighted by Gasteiger charge is 2.07. The Balaban J connectivity index is 1.60. The Morgan fingerprint density at radius 2 is 1.79 bits per heavy atom. The van der Waals surface area contributed by atoms with Gasteiger partial charge in [0.2, 0.25) is 0 Å². The Hall–Kier alpha value is -3.51. The summed E-state index contributed by atoms with van der Waals surface area (Å²) in [5.41, 5.74) is 4.02. The summed E-state index contributed by atoms with van der Waals surface area (Å²) in [4.78, 5) is 12.0. The maximum absolute atomic E-state index is 12.0. The van der Waals surface area contributed by atoms with E-state index in [0.29, 0.717) is 17.4 Å². The van der Waals surface area contributed by atoms with Crippen LogP contribution in [0.15, 0.2) is 71.8 Å². The Morgan fingerprint density at radius 3 is 2.54 bits per heavy atom. The maximum Gasteiger partial charge on any atom is 0.271 e. The molecule has 0 saturated carbocycles. The number of phenols is 2. The summed E-state index contributed by atoms with van der Waals surface area (Å²) in [5, 5.41) is 23.4. The van der Waals surface area contributed by atoms with E-state index in [1.807, 2.05) is 24.3 Å². The van der Waals surface area contributed by atoms with Gasteiger partial charge in [0, 0.05) is 22.2 Å². The molecule has 142 valence electrons. The molecule has 3 aromatic carbocycles. The molecule has 0 saturated heterocycles. The first-order valence-corrected chi connectivity index (χ1v) is 8.72. The summed E-state index contributed by atoms with van der Waals surface area (Å²) < 4.78 is 5.75. The fourth-order valence-corrected chi connectivity index (χ4v) is 2.61. The van der Waals surface area contributed by atoms with E-state index >= 15 is 0 Å². The molecule has 0 atom stereocenters. The average Bonchev–Trinajstić information content (AvgIpc) is 2.67. The second-order valence-electron chi connectivity index (χ2n) is 5.89. The number of rotatable bonds is 6. The van der Waals surface area contributed by atoms with Crippen LogP contribution in [0, 0.1) is 0 Å². The minimum absolute atomic E-state index is 0.0893. The monoisotopic (exact) mass is 396 g/mol. The van der Waals surface area contributed by atoms with Crippen LogP contribution >= 0.6 is 11.6 Å². The third kappa shape index (κ3) is 5.25. The molecule has 1 amide bonds. The molecule has 0 fully saturated rings. The predicted molar refractivity (Wildman–Crippen MR) is 107 cm³/mol. The van der Waals surface area contributed by atoms with Gasteiger partial charge in [-0.3, -0.25) is 4.79 Å². The van der Waals surface area contributed by atoms with Crippen LogP contribution in [-0.4, -0.2) is 22.3 Å². The number of hydrazone groups is 1. The molecule has 0 radical (unpaired) electrons. The average molecular weight is 397 g/mol. The number of benzene rings is 3. The summed E-state index contributed by atoms with van der Waals surface area (Å²) in [7, 11) is 0. The van der Waals surface area contributed by atoms with Crippen molar-refractivity contribution >= 4 is 23.7 Å². The van der Waals surface area contributed by atoms with E-state index in [0.717, 1.165) is 17.2 Å². The van der Waals surface area contributed by atoms with Gasteiger partial charge in [0.05, 0.1) is 6.21 Å². The lowest BCUT2D eigenvalue weighted by molar-refractivity contribution is 0.0954. The third-order valence-corrected chi connectivity index (χ3v) is 4.12. The van der Waals surface area contributed by atoms with Gasteiger partial charge < -0.3 is 14.9 Å². The zero-order valence-electron chi connectivity index (χ0n) is 14.7. The van der Waals surface area contributed by atoms with Crippen molar-refractivity contribution in [1.82, 2.24) is 5.43 Å². The largest absolute Gasteiger partial charge is 0.508 e. The van der Waals surface area contributed by atoms with Gasteiger partial charge in [-0.15, -0.1) is 0 Å². The summed E-state index contributed by atoms with van der Waals surface area (Å²) in [5.74, 6) is -0.350. The van der Waals surface area contributed by atoms with Crippen LogP contribution in [0.1, 0.15) is 21.5 Å². The maximum atomic E-state index is 12.0. The van der Waals surface area contributed by atoms with Crippen molar-refractivity contribution in [1.29, 1.82) is 0 Å². The predicted octanol–water partition coefficient (Wildman–Crippen LogP) is 4.09. The first-order valence-electron chi connectivity index (χ1n) is 8.34. The van der Waals surface area contributed by atoms with Gasteiger partial charge >= 0.3 is 0 Å². The first-order chi connectivity index (χ1) is 13.5. The van der Waals surface area contributed by atoms with Crippen LogP contribution in [0.2, 0.25) is 5.02 Å². The number of nitrogens with one attached hydrogen (secondary N) is 1. The molecule has 0 aliphatic heterocycles. The van der Waals surface area contributed by atoms with Gasteiger partial charge in [0.15, 0.2) is 0 Å². The van der Waals surface area contributed by atoms with E-state index in [9.17, 15) is 15.0 Å². The highest BCUT2D eigenvalue weighted by atomic mass is 35.5. The summed E-state index contributed by atoms with van der Waals surface area (Å²) in [6, 6.07) is 18.2. The topological polar surface area (TPSA) is 91.2 Å². The zero-order valence-corrected chi connectivity index (χ0v) is 15.4. The minimum atomic E-state index is -0.562. The van der Waals surface area contributed by atoms with Gasteiger partial charge in [-0.25, -0.2) is 5.43 Å². The van der Waals surface area contributed by atoms with Crippen molar-refractivity contribution in [2.45, 2.75) is 6.61 Å². The zero-order chi connectivity index (χ0) is 19.9. The highest BCUT2D eigenvalue weighted by molar-refractivity contribution is 6.31. The van der Waals surface area contributed by atoms with E-state index in [1.165, 1.54) is 18.3 Å². The van der Waals surface area contributed by atoms with Crippen molar-refractivity contribution in [3.05, 3.63) is 88.4 Å². The van der Waals surface area contributed by atoms with Crippen LogP contribution in [-0.2, 0) is 6.61 Å². The Morgan fingerprint density at radius 1 is 1.04 bits per heavy atom. The molecular weight excluding hydrogens is 380 g/mol. The lowest BCUT2D eigenvalue weighted by atomic mass is 10.2. The number of phenolic OH excluding ortho intramolecular Hbond substituents is 2. The molecule has 3 N–H and O–H groups in total. The Kier molecular flexibility index (Phi) is 6.14. The van der Waals surface area contributed by atoms with E-state index in [1.54, 1.807) is 24.3 Å². The van der Waals surface area contributed by atoms with E-state index in [-0.39, 0.29) is 17.1 Å². The van der Waals surface area contributed by atoms with Gasteiger partial charge in [-0.2, -0.15) is 5.10 Å². The number of aromatic hydroxyl groups is 2. The summed E-state index contributed by atoms with van der Waals surface area (Å²) in [6.45, 7) is 0.331. The van der Waals surface area contributed by atoms with Crippen LogP contribution in [0.4, 0.5) is 0 Å². The van der Waals surface area contributed by atoms with Gasteiger partial charge in [0.25, 0.3) is 5.91 Å². The smallest absolute Gasteiger partial charge is 0.271 e. The number of ether oxygens (including phenoxy) is 1. The molecule has 6 nitrogen and oxygen atoms in total. The minimum Gasteiger partial charge on any atom is -0.508 e. The molecule has 0 aromatic heterocycles. The van der Waals surface area contributed by atoms with Crippen LogP contribution in [0.3, 0.4) is 0 Å². The van der Waals surface area contributed by atoms with Crippen molar-refractivity contribution in [2.75, 3.05) is 0 Å². The lowest BCUT2D eigenvalue weighted by Crippen LogP contribution is -2.17. The standard InChI is InChI=1S/C21H17ClN2O4/c22-20-7-2-1-5-15(20)13-28-19-6-3-4-14(8-19)12-23-24-21(27)16-9-17(25)11-18(26)10-16/h1-12,25-26H,13H2,(H,24,27)/b23-12-. The molecule has 3 rings (SSSR count).